The molecule has 0 atom stereocenters. The Labute approximate surface area is 164 Å². The first-order valence-electron chi connectivity index (χ1n) is 11.4. The molecule has 0 aliphatic rings. The van der Waals surface area contributed by atoms with Gasteiger partial charge >= 0.3 is 0 Å². The van der Waals surface area contributed by atoms with Crippen molar-refractivity contribution in [2.45, 2.75) is 77.6 Å². The molecule has 0 saturated carbocycles. The van der Waals surface area contributed by atoms with Crippen LogP contribution in [-0.2, 0) is 0 Å². The molecule has 0 amide bonds. The molecule has 0 aliphatic heterocycles. The molecular weight excluding hydrogens is 322 g/mol. The highest BCUT2D eigenvalue weighted by Crippen LogP contribution is 2.10. The molecule has 0 radical (unpaired) electrons. The monoisotopic (exact) mass is 371 g/mol. The summed E-state index contributed by atoms with van der Waals surface area (Å²) in [6.45, 7) is 11.3. The van der Waals surface area contributed by atoms with Crippen LogP contribution >= 0.6 is 0 Å². The van der Waals surface area contributed by atoms with E-state index in [4.69, 9.17) is 5.73 Å². The Bertz CT molecular complexity index is 214. The van der Waals surface area contributed by atoms with Crippen LogP contribution in [-0.4, -0.2) is 58.9 Å². The topological polar surface area (TPSA) is 74.1 Å². The van der Waals surface area contributed by atoms with E-state index in [9.17, 15) is 0 Å². The van der Waals surface area contributed by atoms with Gasteiger partial charge < -0.3 is 27.0 Å². The lowest BCUT2D eigenvalue weighted by molar-refractivity contribution is 0.532. The smallest absolute Gasteiger partial charge is 0.00772 e. The molecular formula is C21H49N5. The van der Waals surface area contributed by atoms with E-state index in [2.05, 4.69) is 28.2 Å². The number of unbranched alkanes of at least 4 members (excludes halogenated alkanes) is 10. The highest BCUT2D eigenvalue weighted by atomic mass is 15.0. The number of nitrogens with one attached hydrogen (secondary N) is 4. The van der Waals surface area contributed by atoms with Crippen molar-refractivity contribution in [3.8, 4) is 0 Å². The van der Waals surface area contributed by atoms with Crippen LogP contribution < -0.4 is 27.0 Å². The fourth-order valence-electron chi connectivity index (χ4n) is 3.05. The molecule has 0 rings (SSSR count). The van der Waals surface area contributed by atoms with Crippen LogP contribution in [0.4, 0.5) is 0 Å². The fourth-order valence-corrected chi connectivity index (χ4v) is 3.05. The van der Waals surface area contributed by atoms with Gasteiger partial charge in [0.15, 0.2) is 0 Å². The molecule has 0 aliphatic carbocycles. The van der Waals surface area contributed by atoms with Gasteiger partial charge in [-0.1, -0.05) is 71.1 Å². The second-order valence-corrected chi connectivity index (χ2v) is 7.32. The van der Waals surface area contributed by atoms with Crippen molar-refractivity contribution in [3.63, 3.8) is 0 Å². The lowest BCUT2D eigenvalue weighted by Crippen LogP contribution is -2.36. The van der Waals surface area contributed by atoms with Crippen molar-refractivity contribution in [3.05, 3.63) is 0 Å². The van der Waals surface area contributed by atoms with Gasteiger partial charge in [0.25, 0.3) is 0 Å². The zero-order chi connectivity index (χ0) is 19.0. The largest absolute Gasteiger partial charge is 0.329 e. The summed E-state index contributed by atoms with van der Waals surface area (Å²) in [6, 6.07) is 0. The lowest BCUT2D eigenvalue weighted by Gasteiger charge is -2.08. The van der Waals surface area contributed by atoms with Crippen LogP contribution in [0, 0.1) is 0 Å². The van der Waals surface area contributed by atoms with Gasteiger partial charge in [0.05, 0.1) is 0 Å². The first-order chi connectivity index (χ1) is 12.9. The van der Waals surface area contributed by atoms with E-state index in [1.807, 2.05) is 0 Å². The third-order valence-electron chi connectivity index (χ3n) is 4.71. The van der Waals surface area contributed by atoms with Gasteiger partial charge in [-0.2, -0.15) is 0 Å². The van der Waals surface area contributed by atoms with Crippen LogP contribution in [0.3, 0.4) is 0 Å². The van der Waals surface area contributed by atoms with Crippen molar-refractivity contribution in [2.24, 2.45) is 5.73 Å². The maximum atomic E-state index is 5.42. The summed E-state index contributed by atoms with van der Waals surface area (Å²) >= 11 is 0. The minimum Gasteiger partial charge on any atom is -0.329 e. The van der Waals surface area contributed by atoms with Crippen molar-refractivity contribution >= 4 is 0 Å². The molecule has 26 heavy (non-hydrogen) atoms. The summed E-state index contributed by atoms with van der Waals surface area (Å²) in [6.07, 6.45) is 15.6. The number of hydrogen-bond acceptors (Lipinski definition) is 5. The van der Waals surface area contributed by atoms with E-state index in [0.29, 0.717) is 6.54 Å². The molecule has 0 fully saturated rings. The second kappa shape index (κ2) is 24.8. The quantitative estimate of drug-likeness (QED) is 0.179. The van der Waals surface area contributed by atoms with Gasteiger partial charge in [-0.3, -0.25) is 0 Å². The van der Waals surface area contributed by atoms with Gasteiger partial charge in [-0.15, -0.1) is 0 Å². The van der Waals surface area contributed by atoms with Crippen LogP contribution in [0.2, 0.25) is 0 Å². The molecule has 0 aromatic heterocycles. The number of nitrogens with two attached hydrogens (primary N) is 1. The summed E-state index contributed by atoms with van der Waals surface area (Å²) in [7, 11) is 0. The van der Waals surface area contributed by atoms with E-state index in [-0.39, 0.29) is 0 Å². The highest BCUT2D eigenvalue weighted by Gasteiger charge is 1.94. The van der Waals surface area contributed by atoms with Crippen molar-refractivity contribution in [1.82, 2.24) is 21.3 Å². The normalized spacial score (nSPS) is 11.3. The van der Waals surface area contributed by atoms with Gasteiger partial charge in [0.1, 0.15) is 0 Å². The Hall–Kier alpha value is -0.200. The van der Waals surface area contributed by atoms with Crippen LogP contribution in [0.25, 0.3) is 0 Å². The summed E-state index contributed by atoms with van der Waals surface area (Å²) in [5, 5.41) is 13.7. The van der Waals surface area contributed by atoms with Gasteiger partial charge in [0, 0.05) is 52.4 Å². The third kappa shape index (κ3) is 23.8. The Balaban J connectivity index is 2.95. The molecule has 0 heterocycles. The maximum Gasteiger partial charge on any atom is 0.00772 e. The molecule has 0 spiro atoms. The van der Waals surface area contributed by atoms with Crippen LogP contribution in [0.5, 0.6) is 0 Å². The molecule has 6 N–H and O–H groups in total. The van der Waals surface area contributed by atoms with Crippen molar-refractivity contribution in [1.29, 1.82) is 0 Å². The lowest BCUT2D eigenvalue weighted by atomic mass is 10.1. The second-order valence-electron chi connectivity index (χ2n) is 7.32. The van der Waals surface area contributed by atoms with Crippen molar-refractivity contribution in [2.75, 3.05) is 58.9 Å². The third-order valence-corrected chi connectivity index (χ3v) is 4.71. The highest BCUT2D eigenvalue weighted by molar-refractivity contribution is 4.57. The Morgan fingerprint density at radius 1 is 0.423 bits per heavy atom. The minimum atomic E-state index is 0.716. The standard InChI is InChI=1S/C21H49N5/c1-2-3-4-5-6-7-8-9-10-11-12-14-23-16-18-25-20-21-26-19-17-24-15-13-22/h23-26H,2-22H2,1H3. The van der Waals surface area contributed by atoms with Gasteiger partial charge in [-0.25, -0.2) is 0 Å². The Morgan fingerprint density at radius 3 is 1.19 bits per heavy atom. The van der Waals surface area contributed by atoms with E-state index in [0.717, 1.165) is 45.8 Å². The minimum absolute atomic E-state index is 0.716. The van der Waals surface area contributed by atoms with Gasteiger partial charge in [-0.05, 0) is 13.0 Å². The summed E-state index contributed by atoms with van der Waals surface area (Å²) < 4.78 is 0. The first kappa shape index (κ1) is 25.8. The predicted molar refractivity (Wildman–Crippen MR) is 117 cm³/mol. The predicted octanol–water partition coefficient (Wildman–Crippen LogP) is 2.61. The fraction of sp³-hybridized carbons (Fsp3) is 1.00. The average Bonchev–Trinajstić information content (AvgIpc) is 2.66. The van der Waals surface area contributed by atoms with Crippen LogP contribution in [0.15, 0.2) is 0 Å². The SMILES string of the molecule is CCCCCCCCCCCCCNCCNCCNCCNCCN. The molecule has 0 aromatic carbocycles. The Morgan fingerprint density at radius 2 is 0.769 bits per heavy atom. The molecule has 158 valence electrons. The summed E-state index contributed by atoms with van der Waals surface area (Å²) in [5.74, 6) is 0. The van der Waals surface area contributed by atoms with Crippen molar-refractivity contribution < 1.29 is 0 Å². The zero-order valence-corrected chi connectivity index (χ0v) is 17.7. The number of hydrogen-bond donors (Lipinski definition) is 5. The molecule has 0 saturated heterocycles. The first-order valence-corrected chi connectivity index (χ1v) is 11.4. The Kier molecular flexibility index (Phi) is 24.6. The van der Waals surface area contributed by atoms with E-state index < -0.39 is 0 Å². The van der Waals surface area contributed by atoms with E-state index in [1.165, 1.54) is 77.2 Å². The zero-order valence-electron chi connectivity index (χ0n) is 17.7. The van der Waals surface area contributed by atoms with Crippen LogP contribution in [0.1, 0.15) is 77.6 Å². The summed E-state index contributed by atoms with van der Waals surface area (Å²) in [5.41, 5.74) is 5.42. The average molecular weight is 372 g/mol. The number of rotatable bonds is 23. The molecule has 5 nitrogen and oxygen atoms in total. The van der Waals surface area contributed by atoms with E-state index >= 15 is 0 Å². The summed E-state index contributed by atoms with van der Waals surface area (Å²) in [4.78, 5) is 0. The van der Waals surface area contributed by atoms with Gasteiger partial charge in [0.2, 0.25) is 0 Å². The molecule has 5 heteroatoms. The maximum absolute atomic E-state index is 5.42. The molecule has 0 bridgehead atoms. The molecule has 0 unspecified atom stereocenters. The van der Waals surface area contributed by atoms with E-state index in [1.54, 1.807) is 0 Å². The molecule has 0 aromatic rings.